The van der Waals surface area contributed by atoms with E-state index in [-0.39, 0.29) is 111 Å². The van der Waals surface area contributed by atoms with Gasteiger partial charge in [0.25, 0.3) is 0 Å². The van der Waals surface area contributed by atoms with Gasteiger partial charge in [-0.1, -0.05) is 87.6 Å². The Morgan fingerprint density at radius 1 is 0.604 bits per heavy atom. The molecule has 0 spiro atoms. The van der Waals surface area contributed by atoms with Gasteiger partial charge in [0.1, 0.15) is 41.7 Å². The van der Waals surface area contributed by atoms with Crippen molar-refractivity contribution in [2.24, 2.45) is 35.5 Å². The number of methoxy groups -OCH3 is 4. The van der Waals surface area contributed by atoms with Crippen LogP contribution in [0.4, 0.5) is 0 Å². The Balaban J connectivity index is 0.000000508. The Bertz CT molecular complexity index is 2430. The van der Waals surface area contributed by atoms with E-state index in [2.05, 4.69) is 95.1 Å². The van der Waals surface area contributed by atoms with Crippen LogP contribution in [-0.2, 0) is 66.5 Å². The largest absolute Gasteiger partial charge is 0.457 e. The maximum Gasteiger partial charge on any atom is 0.309 e. The molecule has 0 bridgehead atoms. The molecule has 4 rings (SSSR count). The summed E-state index contributed by atoms with van der Waals surface area (Å²) in [5, 5.41) is 42.1. The van der Waals surface area contributed by atoms with E-state index >= 15 is 0 Å². The summed E-state index contributed by atoms with van der Waals surface area (Å²) in [6.45, 7) is 33.3. The van der Waals surface area contributed by atoms with Crippen molar-refractivity contribution in [3.8, 4) is 0 Å². The molecule has 4 aliphatic rings. The van der Waals surface area contributed by atoms with Crippen LogP contribution in [0, 0.1) is 35.5 Å². The van der Waals surface area contributed by atoms with E-state index in [1.807, 2.05) is 64.2 Å². The summed E-state index contributed by atoms with van der Waals surface area (Å²) in [6, 6.07) is 0. The molecule has 0 unspecified atom stereocenters. The van der Waals surface area contributed by atoms with Crippen molar-refractivity contribution in [3.63, 3.8) is 0 Å². The fourth-order valence-electron chi connectivity index (χ4n) is 13.5. The van der Waals surface area contributed by atoms with Crippen LogP contribution in [-0.4, -0.2) is 188 Å². The van der Waals surface area contributed by atoms with E-state index in [4.69, 9.17) is 47.4 Å². The van der Waals surface area contributed by atoms with Crippen LogP contribution < -0.4 is 0 Å². The number of allylic oxidation sites excluding steroid dienone is 2. The van der Waals surface area contributed by atoms with Crippen molar-refractivity contribution in [2.75, 3.05) is 28.4 Å². The molecule has 0 aromatic rings. The third kappa shape index (κ3) is 30.6. The Labute approximate surface area is 597 Å². The van der Waals surface area contributed by atoms with Gasteiger partial charge in [-0.25, -0.2) is 0 Å². The first kappa shape index (κ1) is 89.5. The zero-order chi connectivity index (χ0) is 72.7. The number of carbonyl (C=O) groups excluding carboxylic acids is 4. The maximum absolute atomic E-state index is 12.7. The van der Waals surface area contributed by atoms with Gasteiger partial charge in [0, 0.05) is 51.7 Å². The molecule has 0 aliphatic carbocycles. The molecule has 22 atom stereocenters. The van der Waals surface area contributed by atoms with Gasteiger partial charge in [-0.3, -0.25) is 19.2 Å². The minimum absolute atomic E-state index is 0.00449. The van der Waals surface area contributed by atoms with E-state index in [9.17, 15) is 39.6 Å². The average Bonchev–Trinajstić information content (AvgIpc) is 1.63. The maximum atomic E-state index is 12.7. The number of aliphatic hydroxyl groups excluding tert-OH is 2. The normalized spacial score (nSPS) is 32.0. The van der Waals surface area contributed by atoms with Crippen molar-refractivity contribution in [2.45, 2.75) is 318 Å². The van der Waals surface area contributed by atoms with Crippen LogP contribution >= 0.6 is 22.6 Å². The average molecular weight is 1580 g/mol. The minimum Gasteiger partial charge on any atom is -0.457 e. The van der Waals surface area contributed by atoms with Gasteiger partial charge < -0.3 is 53.6 Å². The Morgan fingerprint density at radius 3 is 1.31 bits per heavy atom. The number of halogens is 1. The number of hydrogen-bond acceptors (Lipinski definition) is 18. The third-order valence-electron chi connectivity index (χ3n) is 19.9. The van der Waals surface area contributed by atoms with Crippen LogP contribution in [0.2, 0.25) is 13.3 Å². The minimum atomic E-state index is -2.24. The Kier molecular flexibility index (Phi) is 42.4. The molecule has 96 heavy (non-hydrogen) atoms. The topological polar surface area (TPSA) is 248 Å². The first-order valence-electron chi connectivity index (χ1n) is 35.9. The van der Waals surface area contributed by atoms with E-state index in [1.54, 1.807) is 52.4 Å². The molecule has 18 nitrogen and oxygen atoms in total. The SMILES string of the molecule is CC(=O)O[C@H]1/C=C/[C@H](C)[C@@H](/C(C)=C/I)OC(=O)C[C@H](O)CC[C@@]1(C)O.CCC[CH2][Sn](/[CH]=C/[C@@H](C)[C@@H](OC)[C@H]1O[C@@H]1[C@H](C)[C@H](CC)OC)([CH2]CCC)[CH2]CCC.CC[C@H](OC)[C@@H](C)[C@H]1O[C@@H]1[C@H](OC)[C@H](C)/C=C/C=C(\C)[C@H]1OC(=O)C[C@H](O)CC[C@@](C)(O)[C@@H](OC(C)=O)/C=C/[C@@H]1C. The second kappa shape index (κ2) is 45.4. The fourth-order valence-corrected chi connectivity index (χ4v) is 28.5. The molecule has 0 saturated carbocycles. The molecule has 554 valence electrons. The number of unbranched alkanes of at least 4 members (excludes halogenated alkanes) is 3. The predicted octanol–water partition coefficient (Wildman–Crippen LogP) is 14.4. The summed E-state index contributed by atoms with van der Waals surface area (Å²) in [4.78, 5) is 47.9. The number of cyclic esters (lactones) is 2. The zero-order valence-corrected chi connectivity index (χ0v) is 67.7. The molecular formula is C76H131IO18Sn. The standard InChI is InChI=1S/C32H52O9.C18H27IO6.C14H25O3.3C4H9.Sn/c1-10-25(37-8)22(5)30-31(41-30)29(38-9)20(3)13-11-12-19(2)28-21(4)14-15-26(39-23(6)33)32(7,36)17-16-24(34)18-27(35)40-28;1-11-5-6-15(24-13(3)20)18(4,23)8-7-14(21)9-16(22)25-17(11)12(2)10-19;1-7-9(3)12(16-6)14-13(17-14)10(4)11(8-2)15-5;3*1-3-4-2;/h11-15,20-22,24-26,28-31,34,36H,10,16-18H2,1-9H3;5-6,10-11,14-15,17,21,23H,7-9H2,1-4H3;1,7,9-14H,8H2,2-6H3;3*1,3-4H2,2H3;/b13-11+,15-14+,19-12+;6-5+,12-10+;;;;;/t20-,21+,22-,24-,25+,26+,28-,29-,30-,31-,32-;11-,14+,15-,17-,18+;9-,10-,11+,12-,13-,14-;;;;/m101..../s1. The number of rotatable bonds is 31. The van der Waals surface area contributed by atoms with Crippen LogP contribution in [0.25, 0.3) is 0 Å². The van der Waals surface area contributed by atoms with Crippen LogP contribution in [0.15, 0.2) is 67.9 Å². The molecule has 20 heteroatoms. The zero-order valence-electron chi connectivity index (χ0n) is 62.7. The fraction of sp³-hybridized carbons (Fsp3) is 0.789. The number of hydrogen-bond donors (Lipinski definition) is 4. The number of epoxide rings is 2. The van der Waals surface area contributed by atoms with E-state index in [0.29, 0.717) is 11.8 Å². The summed E-state index contributed by atoms with van der Waals surface area (Å²) in [5.41, 5.74) is -1.09. The number of ether oxygens (including phenoxy) is 10. The molecule has 2 fully saturated rings. The van der Waals surface area contributed by atoms with Crippen molar-refractivity contribution in [1.29, 1.82) is 0 Å². The summed E-state index contributed by atoms with van der Waals surface area (Å²) in [5.74, 6) is -1.37. The molecule has 4 heterocycles. The molecule has 0 radical (unpaired) electrons. The molecule has 0 aromatic heterocycles. The van der Waals surface area contributed by atoms with Crippen molar-refractivity contribution in [3.05, 3.63) is 67.9 Å². The van der Waals surface area contributed by atoms with E-state index in [1.165, 1.54) is 65.7 Å². The monoisotopic (exact) mass is 1580 g/mol. The van der Waals surface area contributed by atoms with Gasteiger partial charge in [0.2, 0.25) is 0 Å². The van der Waals surface area contributed by atoms with Crippen LogP contribution in [0.1, 0.15) is 208 Å². The third-order valence-corrected chi connectivity index (χ3v) is 35.0. The van der Waals surface area contributed by atoms with Gasteiger partial charge in [0.15, 0.2) is 0 Å². The van der Waals surface area contributed by atoms with Crippen LogP contribution in [0.5, 0.6) is 0 Å². The van der Waals surface area contributed by atoms with Crippen LogP contribution in [0.3, 0.4) is 0 Å². The molecule has 0 amide bonds. The van der Waals surface area contributed by atoms with Gasteiger partial charge in [-0.2, -0.15) is 0 Å². The first-order valence-corrected chi connectivity index (χ1v) is 44.8. The molecule has 0 aromatic carbocycles. The molecule has 2 saturated heterocycles. The van der Waals surface area contributed by atoms with Gasteiger partial charge in [-0.05, 0) is 87.2 Å². The van der Waals surface area contributed by atoms with Crippen molar-refractivity contribution < 1.29 is 87.0 Å². The Hall–Kier alpha value is -2.55. The number of carbonyl (C=O) groups is 4. The summed E-state index contributed by atoms with van der Waals surface area (Å²) >= 11 is -0.158. The van der Waals surface area contributed by atoms with Crippen molar-refractivity contribution >= 4 is 64.8 Å². The van der Waals surface area contributed by atoms with Crippen molar-refractivity contribution in [1.82, 2.24) is 0 Å². The smallest absolute Gasteiger partial charge is 0.309 e. The second-order valence-electron chi connectivity index (χ2n) is 28.4. The number of esters is 4. The van der Waals surface area contributed by atoms with E-state index in [0.717, 1.165) is 24.0 Å². The van der Waals surface area contributed by atoms with E-state index < -0.39 is 90.1 Å². The summed E-state index contributed by atoms with van der Waals surface area (Å²) in [7, 11) is 7.10. The van der Waals surface area contributed by atoms with Gasteiger partial charge in [-0.15, -0.1) is 0 Å². The second-order valence-corrected chi connectivity index (χ2v) is 42.0. The number of aliphatic hydroxyl groups is 4. The van der Waals surface area contributed by atoms with Gasteiger partial charge >= 0.3 is 217 Å². The van der Waals surface area contributed by atoms with Gasteiger partial charge in [0.05, 0.1) is 43.4 Å². The quantitative estimate of drug-likeness (QED) is 0.00958. The molecular weight excluding hydrogens is 1450 g/mol. The summed E-state index contributed by atoms with van der Waals surface area (Å²) in [6.07, 6.45) is 22.0. The summed E-state index contributed by atoms with van der Waals surface area (Å²) < 4.78 is 66.4. The first-order chi connectivity index (χ1) is 45.2. The predicted molar refractivity (Wildman–Crippen MR) is 391 cm³/mol. The molecule has 4 N–H and O–H groups in total. The Morgan fingerprint density at radius 2 is 0.979 bits per heavy atom. The molecule has 4 aliphatic heterocycles.